The van der Waals surface area contributed by atoms with Gasteiger partial charge >= 0.3 is 0 Å². The lowest BCUT2D eigenvalue weighted by Crippen LogP contribution is -2.45. The van der Waals surface area contributed by atoms with Gasteiger partial charge in [-0.05, 0) is 29.7 Å². The lowest BCUT2D eigenvalue weighted by Gasteiger charge is -2.36. The Hall–Kier alpha value is -1.91. The van der Waals surface area contributed by atoms with Gasteiger partial charge in [-0.1, -0.05) is 42.5 Å². The molecule has 1 N–H and O–H groups in total. The van der Waals surface area contributed by atoms with Gasteiger partial charge in [-0.25, -0.2) is 0 Å². The summed E-state index contributed by atoms with van der Waals surface area (Å²) in [5.41, 5.74) is 1.16. The highest BCUT2D eigenvalue weighted by molar-refractivity contribution is 5.83. The van der Waals surface area contributed by atoms with Crippen LogP contribution in [0.15, 0.2) is 42.5 Å². The predicted octanol–water partition coefficient (Wildman–Crippen LogP) is 2.94. The van der Waals surface area contributed by atoms with E-state index in [0.29, 0.717) is 32.7 Å². The van der Waals surface area contributed by atoms with Crippen LogP contribution < -0.4 is 0 Å². The number of aliphatic hydroxyl groups excluding tert-OH is 1. The molecule has 2 aromatic carbocycles. The average Bonchev–Trinajstić information content (AvgIpc) is 2.61. The molecule has 1 saturated heterocycles. The number of β-amino-alcohol motifs (C(OH)–C–C–N with tert-alkyl or cyclic N) is 1. The van der Waals surface area contributed by atoms with Crippen LogP contribution in [0, 0.1) is 0 Å². The van der Waals surface area contributed by atoms with Crippen LogP contribution in [-0.4, -0.2) is 48.3 Å². The summed E-state index contributed by atoms with van der Waals surface area (Å²) in [6.07, 6.45) is 0.664. The van der Waals surface area contributed by atoms with Gasteiger partial charge in [0.05, 0.1) is 19.1 Å². The Morgan fingerprint density at radius 1 is 1.25 bits per heavy atom. The van der Waals surface area contributed by atoms with Gasteiger partial charge in [0.25, 0.3) is 0 Å². The number of rotatable bonds is 5. The zero-order valence-corrected chi connectivity index (χ0v) is 14.1. The highest BCUT2D eigenvalue weighted by Crippen LogP contribution is 2.30. The number of carbonyl (C=O) groups excluding carboxylic acids is 1. The van der Waals surface area contributed by atoms with Crippen LogP contribution in [0.4, 0.5) is 0 Å². The van der Waals surface area contributed by atoms with Gasteiger partial charge in [0.1, 0.15) is 0 Å². The van der Waals surface area contributed by atoms with E-state index in [1.54, 1.807) is 4.90 Å². The number of benzene rings is 2. The van der Waals surface area contributed by atoms with E-state index >= 15 is 0 Å². The molecule has 128 valence electrons. The molecule has 0 radical (unpaired) electrons. The fourth-order valence-corrected chi connectivity index (χ4v) is 3.45. The van der Waals surface area contributed by atoms with E-state index in [2.05, 4.69) is 30.3 Å². The first kappa shape index (κ1) is 16.9. The third kappa shape index (κ3) is 3.77. The van der Waals surface area contributed by atoms with Gasteiger partial charge in [-0.15, -0.1) is 0 Å². The molecule has 1 heterocycles. The summed E-state index contributed by atoms with van der Waals surface area (Å²) in [4.78, 5) is 13.9. The maximum Gasteiger partial charge on any atom is 0.224 e. The second-order valence-electron chi connectivity index (χ2n) is 6.36. The number of fused-ring (bicyclic) bond motifs is 1. The molecular formula is C20H25NO3. The predicted molar refractivity (Wildman–Crippen MR) is 95.0 cm³/mol. The minimum atomic E-state index is -0.518. The smallest absolute Gasteiger partial charge is 0.224 e. The minimum absolute atomic E-state index is 0.0689. The summed E-state index contributed by atoms with van der Waals surface area (Å²) in [6, 6.07) is 14.6. The summed E-state index contributed by atoms with van der Waals surface area (Å²) in [6.45, 7) is 4.10. The van der Waals surface area contributed by atoms with Crippen molar-refractivity contribution < 1.29 is 14.6 Å². The number of ether oxygens (including phenoxy) is 1. The maximum absolute atomic E-state index is 12.2. The summed E-state index contributed by atoms with van der Waals surface area (Å²) >= 11 is 0. The molecule has 3 rings (SSSR count). The Morgan fingerprint density at radius 2 is 2.04 bits per heavy atom. The van der Waals surface area contributed by atoms with Crippen molar-refractivity contribution in [3.8, 4) is 0 Å². The molecule has 2 aromatic rings. The van der Waals surface area contributed by atoms with Gasteiger partial charge < -0.3 is 14.7 Å². The van der Waals surface area contributed by atoms with Crippen LogP contribution in [0.2, 0.25) is 0 Å². The number of nitrogens with zero attached hydrogens (tertiary/aromatic N) is 1. The lowest BCUT2D eigenvalue weighted by atomic mass is 9.86. The topological polar surface area (TPSA) is 49.8 Å². The molecule has 0 saturated carbocycles. The van der Waals surface area contributed by atoms with E-state index in [-0.39, 0.29) is 11.8 Å². The van der Waals surface area contributed by atoms with Crippen molar-refractivity contribution in [3.05, 3.63) is 48.0 Å². The minimum Gasteiger partial charge on any atom is -0.391 e. The summed E-state index contributed by atoms with van der Waals surface area (Å²) in [5, 5.41) is 13.0. The van der Waals surface area contributed by atoms with Gasteiger partial charge in [0, 0.05) is 25.6 Å². The Balaban J connectivity index is 1.65. The van der Waals surface area contributed by atoms with Crippen molar-refractivity contribution in [2.24, 2.45) is 0 Å². The molecule has 0 spiro atoms. The van der Waals surface area contributed by atoms with Crippen LogP contribution in [0.25, 0.3) is 10.8 Å². The highest BCUT2D eigenvalue weighted by Gasteiger charge is 2.30. The highest BCUT2D eigenvalue weighted by atomic mass is 16.5. The van der Waals surface area contributed by atoms with Crippen molar-refractivity contribution in [3.63, 3.8) is 0 Å². The van der Waals surface area contributed by atoms with Crippen LogP contribution in [0.3, 0.4) is 0 Å². The lowest BCUT2D eigenvalue weighted by molar-refractivity contribution is -0.135. The third-order valence-electron chi connectivity index (χ3n) is 4.80. The van der Waals surface area contributed by atoms with Gasteiger partial charge in [0.15, 0.2) is 0 Å². The molecule has 0 aliphatic carbocycles. The van der Waals surface area contributed by atoms with Crippen LogP contribution in [0.5, 0.6) is 0 Å². The van der Waals surface area contributed by atoms with Crippen molar-refractivity contribution in [2.45, 2.75) is 31.8 Å². The van der Waals surface area contributed by atoms with E-state index in [1.165, 1.54) is 10.8 Å². The molecule has 4 heteroatoms. The quantitative estimate of drug-likeness (QED) is 0.859. The van der Waals surface area contributed by atoms with Crippen molar-refractivity contribution in [1.29, 1.82) is 0 Å². The van der Waals surface area contributed by atoms with Gasteiger partial charge in [0.2, 0.25) is 5.91 Å². The zero-order chi connectivity index (χ0) is 16.9. The van der Waals surface area contributed by atoms with E-state index < -0.39 is 6.10 Å². The maximum atomic E-state index is 12.2. The standard InChI is InChI=1S/C20H25NO3/c1-2-24-12-10-20(23)21-11-9-18(19(22)14-21)17-8-7-15-5-3-4-6-16(15)13-17/h3-8,13,18-19,22H,2,9-12,14H2,1H3/t18-,19+/m0/s1. The SMILES string of the molecule is CCOCCC(=O)N1CC[C@@H](c2ccc3ccccc3c2)[C@H](O)C1. The Morgan fingerprint density at radius 3 is 2.79 bits per heavy atom. The number of likely N-dealkylation sites (tertiary alicyclic amines) is 1. The van der Waals surface area contributed by atoms with E-state index in [0.717, 1.165) is 12.0 Å². The van der Waals surface area contributed by atoms with Crippen LogP contribution >= 0.6 is 0 Å². The molecule has 0 aromatic heterocycles. The second kappa shape index (κ2) is 7.77. The zero-order valence-electron chi connectivity index (χ0n) is 14.1. The number of hydrogen-bond donors (Lipinski definition) is 1. The number of aliphatic hydroxyl groups is 1. The van der Waals surface area contributed by atoms with E-state index in [4.69, 9.17) is 4.74 Å². The molecule has 0 bridgehead atoms. The van der Waals surface area contributed by atoms with Crippen molar-refractivity contribution in [2.75, 3.05) is 26.3 Å². The first-order valence-corrected chi connectivity index (χ1v) is 8.71. The Labute approximate surface area is 143 Å². The molecule has 1 fully saturated rings. The molecule has 4 nitrogen and oxygen atoms in total. The van der Waals surface area contributed by atoms with Crippen molar-refractivity contribution in [1.82, 2.24) is 4.90 Å². The van der Waals surface area contributed by atoms with Crippen LogP contribution in [0.1, 0.15) is 31.2 Å². The fraction of sp³-hybridized carbons (Fsp3) is 0.450. The Bertz CT molecular complexity index is 700. The first-order valence-electron chi connectivity index (χ1n) is 8.71. The fourth-order valence-electron chi connectivity index (χ4n) is 3.45. The molecular weight excluding hydrogens is 302 g/mol. The van der Waals surface area contributed by atoms with Gasteiger partial charge in [-0.2, -0.15) is 0 Å². The third-order valence-corrected chi connectivity index (χ3v) is 4.80. The van der Waals surface area contributed by atoms with Crippen molar-refractivity contribution >= 4 is 16.7 Å². The number of amides is 1. The monoisotopic (exact) mass is 327 g/mol. The summed E-state index contributed by atoms with van der Waals surface area (Å²) in [7, 11) is 0. The van der Waals surface area contributed by atoms with Crippen LogP contribution in [-0.2, 0) is 9.53 Å². The van der Waals surface area contributed by atoms with E-state index in [9.17, 15) is 9.90 Å². The Kier molecular flexibility index (Phi) is 5.48. The largest absolute Gasteiger partial charge is 0.391 e. The molecule has 2 atom stereocenters. The number of carbonyl (C=O) groups is 1. The average molecular weight is 327 g/mol. The normalized spacial score (nSPS) is 21.2. The summed E-state index contributed by atoms with van der Waals surface area (Å²) < 4.78 is 5.24. The first-order chi connectivity index (χ1) is 11.7. The van der Waals surface area contributed by atoms with E-state index in [1.807, 2.05) is 19.1 Å². The molecule has 24 heavy (non-hydrogen) atoms. The number of hydrogen-bond acceptors (Lipinski definition) is 3. The molecule has 1 aliphatic rings. The molecule has 1 amide bonds. The number of piperidine rings is 1. The molecule has 1 aliphatic heterocycles. The second-order valence-corrected chi connectivity index (χ2v) is 6.36. The summed E-state index contributed by atoms with van der Waals surface area (Å²) in [5.74, 6) is 0.157. The molecule has 0 unspecified atom stereocenters. The van der Waals surface area contributed by atoms with Gasteiger partial charge in [-0.3, -0.25) is 4.79 Å².